The van der Waals surface area contributed by atoms with Gasteiger partial charge in [0.1, 0.15) is 5.75 Å². The number of phenolic OH excluding ortho intramolecular Hbond substituents is 1. The molecule has 4 aromatic carbocycles. The fourth-order valence-electron chi connectivity index (χ4n) is 3.74. The summed E-state index contributed by atoms with van der Waals surface area (Å²) >= 11 is 0. The minimum absolute atomic E-state index is 0.0407. The van der Waals surface area contributed by atoms with Crippen LogP contribution >= 0.6 is 0 Å². The molecule has 9 heteroatoms. The van der Waals surface area contributed by atoms with Gasteiger partial charge in [-0.05, 0) is 79.1 Å². The fourth-order valence-corrected chi connectivity index (χ4v) is 4.44. The molecule has 39 heavy (non-hydrogen) atoms. The average Bonchev–Trinajstić information content (AvgIpc) is 2.90. The minimum Gasteiger partial charge on any atom is -0.508 e. The standard InChI is InChI=1S/C30H29FN2O5S/c1-20(2)39(36,37)33-26-8-3-5-21(17-26)15-16-38-29-14-11-25(19-28(29)31)32-30(35)24-7-4-6-23(18-24)22-9-12-27(34)13-10-22/h3-14,17-20,33-34H,15-16H2,1-2H3,(H,32,35). The van der Waals surface area contributed by atoms with E-state index in [0.29, 0.717) is 17.7 Å². The first kappa shape index (κ1) is 27.7. The number of carbonyl (C=O) groups is 1. The normalized spacial score (nSPS) is 11.3. The van der Waals surface area contributed by atoms with Gasteiger partial charge >= 0.3 is 0 Å². The number of ether oxygens (including phenoxy) is 1. The zero-order valence-corrected chi connectivity index (χ0v) is 22.3. The summed E-state index contributed by atoms with van der Waals surface area (Å²) < 4.78 is 47.0. The molecule has 202 valence electrons. The molecule has 0 aliphatic rings. The molecular weight excluding hydrogens is 519 g/mol. The van der Waals surface area contributed by atoms with Gasteiger partial charge in [-0.1, -0.05) is 36.4 Å². The first-order valence-electron chi connectivity index (χ1n) is 12.3. The molecule has 0 bridgehead atoms. The van der Waals surface area contributed by atoms with Crippen LogP contribution < -0.4 is 14.8 Å². The lowest BCUT2D eigenvalue weighted by Gasteiger charge is -2.12. The molecule has 3 N–H and O–H groups in total. The minimum atomic E-state index is -3.45. The number of amides is 1. The lowest BCUT2D eigenvalue weighted by atomic mass is 10.0. The summed E-state index contributed by atoms with van der Waals surface area (Å²) in [5, 5.41) is 11.6. The maximum Gasteiger partial charge on any atom is 0.255 e. The van der Waals surface area contributed by atoms with Crippen LogP contribution in [0.25, 0.3) is 11.1 Å². The van der Waals surface area contributed by atoms with Crippen molar-refractivity contribution in [2.75, 3.05) is 16.6 Å². The van der Waals surface area contributed by atoms with Crippen LogP contribution in [0.4, 0.5) is 15.8 Å². The Balaban J connectivity index is 1.35. The summed E-state index contributed by atoms with van der Waals surface area (Å²) in [6.07, 6.45) is 0.437. The van der Waals surface area contributed by atoms with Crippen molar-refractivity contribution >= 4 is 27.3 Å². The van der Waals surface area contributed by atoms with Crippen molar-refractivity contribution < 1.29 is 27.4 Å². The molecule has 7 nitrogen and oxygen atoms in total. The van der Waals surface area contributed by atoms with Gasteiger partial charge in [-0.25, -0.2) is 12.8 Å². The molecule has 0 unspecified atom stereocenters. The Morgan fingerprint density at radius 1 is 0.897 bits per heavy atom. The zero-order valence-electron chi connectivity index (χ0n) is 21.5. The fraction of sp³-hybridized carbons (Fsp3) is 0.167. The summed E-state index contributed by atoms with van der Waals surface area (Å²) in [5.41, 5.74) is 3.63. The van der Waals surface area contributed by atoms with Gasteiger partial charge in [0.25, 0.3) is 5.91 Å². The van der Waals surface area contributed by atoms with Gasteiger partial charge in [-0.15, -0.1) is 0 Å². The zero-order chi connectivity index (χ0) is 28.0. The van der Waals surface area contributed by atoms with E-state index < -0.39 is 27.0 Å². The van der Waals surface area contributed by atoms with E-state index in [2.05, 4.69) is 10.0 Å². The molecule has 0 aliphatic carbocycles. The van der Waals surface area contributed by atoms with Crippen molar-refractivity contribution in [1.82, 2.24) is 0 Å². The van der Waals surface area contributed by atoms with E-state index in [4.69, 9.17) is 4.74 Å². The van der Waals surface area contributed by atoms with E-state index in [1.165, 1.54) is 12.1 Å². The number of sulfonamides is 1. The molecule has 0 saturated heterocycles. The smallest absolute Gasteiger partial charge is 0.255 e. The number of anilines is 2. The number of hydrogen-bond acceptors (Lipinski definition) is 5. The summed E-state index contributed by atoms with van der Waals surface area (Å²) in [6, 6.07) is 24.8. The third-order valence-electron chi connectivity index (χ3n) is 5.97. The molecule has 4 aromatic rings. The maximum absolute atomic E-state index is 14.7. The highest BCUT2D eigenvalue weighted by molar-refractivity contribution is 7.93. The van der Waals surface area contributed by atoms with Crippen molar-refractivity contribution in [3.8, 4) is 22.6 Å². The number of halogens is 1. The van der Waals surface area contributed by atoms with E-state index in [-0.39, 0.29) is 23.8 Å². The number of aromatic hydroxyl groups is 1. The highest BCUT2D eigenvalue weighted by atomic mass is 32.2. The van der Waals surface area contributed by atoms with E-state index in [1.807, 2.05) is 12.1 Å². The van der Waals surface area contributed by atoms with Crippen LogP contribution in [0.5, 0.6) is 11.5 Å². The number of hydrogen-bond donors (Lipinski definition) is 3. The molecule has 0 spiro atoms. The predicted molar refractivity (Wildman–Crippen MR) is 151 cm³/mol. The van der Waals surface area contributed by atoms with Crippen molar-refractivity contribution in [3.05, 3.63) is 108 Å². The molecule has 0 aliphatic heterocycles. The number of benzene rings is 4. The second kappa shape index (κ2) is 12.0. The molecule has 4 rings (SSSR count). The summed E-state index contributed by atoms with van der Waals surface area (Å²) in [5.74, 6) is -0.817. The predicted octanol–water partition coefficient (Wildman–Crippen LogP) is 6.22. The van der Waals surface area contributed by atoms with Gasteiger partial charge in [0.05, 0.1) is 11.9 Å². The quantitative estimate of drug-likeness (QED) is 0.218. The Labute approximate surface area is 227 Å². The molecule has 1 amide bonds. The van der Waals surface area contributed by atoms with Crippen molar-refractivity contribution in [2.24, 2.45) is 0 Å². The van der Waals surface area contributed by atoms with E-state index in [9.17, 15) is 22.7 Å². The first-order valence-corrected chi connectivity index (χ1v) is 13.9. The largest absolute Gasteiger partial charge is 0.508 e. The van der Waals surface area contributed by atoms with Gasteiger partial charge in [0.2, 0.25) is 10.0 Å². The Morgan fingerprint density at radius 3 is 2.36 bits per heavy atom. The average molecular weight is 549 g/mol. The van der Waals surface area contributed by atoms with E-state index >= 15 is 0 Å². The Morgan fingerprint density at radius 2 is 1.64 bits per heavy atom. The van der Waals surface area contributed by atoms with Crippen molar-refractivity contribution in [3.63, 3.8) is 0 Å². The molecule has 0 aromatic heterocycles. The van der Waals surface area contributed by atoms with Crippen LogP contribution in [-0.4, -0.2) is 31.3 Å². The Kier molecular flexibility index (Phi) is 8.51. The summed E-state index contributed by atoms with van der Waals surface area (Å²) in [6.45, 7) is 3.37. The number of rotatable bonds is 10. The third kappa shape index (κ3) is 7.36. The first-order chi connectivity index (χ1) is 18.6. The lowest BCUT2D eigenvalue weighted by molar-refractivity contribution is 0.102. The second-order valence-electron chi connectivity index (χ2n) is 9.22. The number of carbonyl (C=O) groups excluding carboxylic acids is 1. The molecule has 0 saturated carbocycles. The van der Waals surface area contributed by atoms with Crippen LogP contribution in [0.1, 0.15) is 29.8 Å². The van der Waals surface area contributed by atoms with Crippen molar-refractivity contribution in [2.45, 2.75) is 25.5 Å². The van der Waals surface area contributed by atoms with Gasteiger partial charge in [0, 0.05) is 29.4 Å². The number of phenols is 1. The topological polar surface area (TPSA) is 105 Å². The van der Waals surface area contributed by atoms with Crippen LogP contribution in [-0.2, 0) is 16.4 Å². The van der Waals surface area contributed by atoms with Crippen LogP contribution in [0, 0.1) is 5.82 Å². The summed E-state index contributed by atoms with van der Waals surface area (Å²) in [7, 11) is -3.45. The van der Waals surface area contributed by atoms with Crippen LogP contribution in [0.2, 0.25) is 0 Å². The van der Waals surface area contributed by atoms with Crippen molar-refractivity contribution in [1.29, 1.82) is 0 Å². The van der Waals surface area contributed by atoms with Crippen LogP contribution in [0.15, 0.2) is 91.0 Å². The SMILES string of the molecule is CC(C)S(=O)(=O)Nc1cccc(CCOc2ccc(NC(=O)c3cccc(-c4ccc(O)cc4)c3)cc2F)c1. The van der Waals surface area contributed by atoms with E-state index in [1.54, 1.807) is 80.6 Å². The summed E-state index contributed by atoms with van der Waals surface area (Å²) in [4.78, 5) is 12.8. The highest BCUT2D eigenvalue weighted by Gasteiger charge is 2.16. The highest BCUT2D eigenvalue weighted by Crippen LogP contribution is 2.25. The monoisotopic (exact) mass is 548 g/mol. The van der Waals surface area contributed by atoms with E-state index in [0.717, 1.165) is 16.7 Å². The molecule has 0 radical (unpaired) electrons. The van der Waals surface area contributed by atoms with Gasteiger partial charge in [-0.2, -0.15) is 0 Å². The molecular formula is C30H29FN2O5S. The second-order valence-corrected chi connectivity index (χ2v) is 11.5. The lowest BCUT2D eigenvalue weighted by Crippen LogP contribution is -2.22. The molecule has 0 heterocycles. The molecule has 0 atom stereocenters. The van der Waals surface area contributed by atoms with Crippen LogP contribution in [0.3, 0.4) is 0 Å². The Hall–Kier alpha value is -4.37. The maximum atomic E-state index is 14.7. The molecule has 0 fully saturated rings. The van der Waals surface area contributed by atoms with Gasteiger partial charge < -0.3 is 15.2 Å². The third-order valence-corrected chi connectivity index (χ3v) is 7.73. The van der Waals surface area contributed by atoms with Gasteiger partial charge in [-0.3, -0.25) is 9.52 Å². The Bertz CT molecular complexity index is 1570. The van der Waals surface area contributed by atoms with Gasteiger partial charge in [0.15, 0.2) is 11.6 Å². The number of nitrogens with one attached hydrogen (secondary N) is 2.